The lowest BCUT2D eigenvalue weighted by Gasteiger charge is -2.39. The van der Waals surface area contributed by atoms with Crippen molar-refractivity contribution >= 4 is 5.97 Å². The van der Waals surface area contributed by atoms with Crippen LogP contribution in [0.15, 0.2) is 0 Å². The van der Waals surface area contributed by atoms with E-state index >= 15 is 0 Å². The van der Waals surface area contributed by atoms with Gasteiger partial charge in [-0.1, -0.05) is 6.92 Å². The molecule has 0 aromatic heterocycles. The molecule has 1 N–H and O–H groups in total. The Labute approximate surface area is 91.2 Å². The number of rotatable bonds is 5. The fraction of sp³-hybridized carbons (Fsp3) is 0.909. The molecule has 88 valence electrons. The molecule has 15 heavy (non-hydrogen) atoms. The summed E-state index contributed by atoms with van der Waals surface area (Å²) in [5, 5.41) is 8.85. The van der Waals surface area contributed by atoms with E-state index in [1.807, 2.05) is 0 Å². The summed E-state index contributed by atoms with van der Waals surface area (Å²) < 4.78 is 5.04. The van der Waals surface area contributed by atoms with Gasteiger partial charge in [-0.3, -0.25) is 4.79 Å². The predicted molar refractivity (Wildman–Crippen MR) is 57.9 cm³/mol. The number of carboxylic acid groups (broad SMARTS) is 1. The molecule has 0 spiro atoms. The molecule has 0 amide bonds. The van der Waals surface area contributed by atoms with Crippen LogP contribution in [0.5, 0.6) is 0 Å². The lowest BCUT2D eigenvalue weighted by atomic mass is 9.79. The first-order valence-electron chi connectivity index (χ1n) is 5.49. The Morgan fingerprint density at radius 3 is 2.93 bits per heavy atom. The summed E-state index contributed by atoms with van der Waals surface area (Å²) in [4.78, 5) is 13.1. The number of methoxy groups -OCH3 is 1. The summed E-state index contributed by atoms with van der Waals surface area (Å²) in [7, 11) is 1.69. The molecule has 0 aliphatic carbocycles. The van der Waals surface area contributed by atoms with Crippen LogP contribution < -0.4 is 0 Å². The van der Waals surface area contributed by atoms with Crippen molar-refractivity contribution in [3.63, 3.8) is 0 Å². The maximum Gasteiger partial charge on any atom is 0.303 e. The van der Waals surface area contributed by atoms with Gasteiger partial charge in [-0.25, -0.2) is 0 Å². The molecule has 0 aromatic carbocycles. The lowest BCUT2D eigenvalue weighted by molar-refractivity contribution is -0.140. The van der Waals surface area contributed by atoms with Crippen LogP contribution in [0.1, 0.15) is 26.2 Å². The maximum atomic E-state index is 10.8. The Balaban J connectivity index is 2.43. The van der Waals surface area contributed by atoms with Crippen molar-refractivity contribution in [1.29, 1.82) is 0 Å². The number of hydrogen-bond donors (Lipinski definition) is 1. The lowest BCUT2D eigenvalue weighted by Crippen LogP contribution is -2.43. The molecule has 1 atom stereocenters. The van der Waals surface area contributed by atoms with Crippen LogP contribution in [0.4, 0.5) is 0 Å². The van der Waals surface area contributed by atoms with Gasteiger partial charge in [-0.15, -0.1) is 0 Å². The third-order valence-electron chi connectivity index (χ3n) is 3.05. The average Bonchev–Trinajstić information content (AvgIpc) is 2.12. The monoisotopic (exact) mass is 215 g/mol. The summed E-state index contributed by atoms with van der Waals surface area (Å²) in [5.41, 5.74) is -0.0577. The average molecular weight is 215 g/mol. The Bertz CT molecular complexity index is 220. The number of ether oxygens (including phenoxy) is 1. The standard InChI is InChI=1S/C11H21NO3/c1-11(8-10(13)14)4-3-5-12(9-11)6-7-15-2/h3-9H2,1-2H3,(H,13,14). The molecular formula is C11H21NO3. The Hall–Kier alpha value is -0.610. The fourth-order valence-electron chi connectivity index (χ4n) is 2.35. The highest BCUT2D eigenvalue weighted by molar-refractivity contribution is 5.67. The SMILES string of the molecule is COCCN1CCCC(C)(CC(=O)O)C1. The van der Waals surface area contributed by atoms with Crippen molar-refractivity contribution in [2.45, 2.75) is 26.2 Å². The maximum absolute atomic E-state index is 10.8. The molecule has 1 aliphatic rings. The first-order valence-corrected chi connectivity index (χ1v) is 5.49. The topological polar surface area (TPSA) is 49.8 Å². The van der Waals surface area contributed by atoms with Crippen LogP contribution >= 0.6 is 0 Å². The molecule has 4 heteroatoms. The number of carboxylic acids is 1. The van der Waals surface area contributed by atoms with E-state index in [1.165, 1.54) is 0 Å². The van der Waals surface area contributed by atoms with Crippen molar-refractivity contribution < 1.29 is 14.6 Å². The molecule has 0 bridgehead atoms. The first kappa shape index (κ1) is 12.5. The Kier molecular flexibility index (Phi) is 4.54. The second-order valence-electron chi connectivity index (χ2n) is 4.75. The van der Waals surface area contributed by atoms with Gasteiger partial charge < -0.3 is 14.7 Å². The quantitative estimate of drug-likeness (QED) is 0.749. The van der Waals surface area contributed by atoms with Gasteiger partial charge in [0.2, 0.25) is 0 Å². The van der Waals surface area contributed by atoms with E-state index in [2.05, 4.69) is 11.8 Å². The number of carbonyl (C=O) groups is 1. The number of likely N-dealkylation sites (tertiary alicyclic amines) is 1. The highest BCUT2D eigenvalue weighted by Crippen LogP contribution is 2.32. The van der Waals surface area contributed by atoms with E-state index in [0.717, 1.165) is 39.1 Å². The van der Waals surface area contributed by atoms with E-state index in [9.17, 15) is 4.79 Å². The minimum Gasteiger partial charge on any atom is -0.481 e. The third-order valence-corrected chi connectivity index (χ3v) is 3.05. The zero-order chi connectivity index (χ0) is 11.3. The van der Waals surface area contributed by atoms with Gasteiger partial charge in [0.1, 0.15) is 0 Å². The molecule has 1 unspecified atom stereocenters. The first-order chi connectivity index (χ1) is 7.06. The number of piperidine rings is 1. The molecule has 1 saturated heterocycles. The molecule has 0 radical (unpaired) electrons. The second kappa shape index (κ2) is 5.47. The minimum absolute atomic E-state index is 0.0577. The summed E-state index contributed by atoms with van der Waals surface area (Å²) in [5.74, 6) is -0.689. The molecule has 0 saturated carbocycles. The van der Waals surface area contributed by atoms with Crippen LogP contribution in [-0.4, -0.2) is 49.3 Å². The molecule has 0 aromatic rings. The number of hydrogen-bond acceptors (Lipinski definition) is 3. The van der Waals surface area contributed by atoms with Crippen LogP contribution in [0, 0.1) is 5.41 Å². The Morgan fingerprint density at radius 1 is 1.60 bits per heavy atom. The van der Waals surface area contributed by atoms with Crippen LogP contribution in [0.25, 0.3) is 0 Å². The molecular weight excluding hydrogens is 194 g/mol. The van der Waals surface area contributed by atoms with Crippen LogP contribution in [0.2, 0.25) is 0 Å². The summed E-state index contributed by atoms with van der Waals surface area (Å²) in [6, 6.07) is 0. The molecule has 1 rings (SSSR count). The van der Waals surface area contributed by atoms with Gasteiger partial charge in [0.15, 0.2) is 0 Å². The van der Waals surface area contributed by atoms with E-state index in [0.29, 0.717) is 0 Å². The van der Waals surface area contributed by atoms with E-state index in [4.69, 9.17) is 9.84 Å². The molecule has 4 nitrogen and oxygen atoms in total. The van der Waals surface area contributed by atoms with E-state index in [-0.39, 0.29) is 11.8 Å². The zero-order valence-corrected chi connectivity index (χ0v) is 9.66. The van der Waals surface area contributed by atoms with Gasteiger partial charge in [-0.05, 0) is 24.8 Å². The van der Waals surface area contributed by atoms with Crippen molar-refractivity contribution in [1.82, 2.24) is 4.90 Å². The molecule has 1 heterocycles. The summed E-state index contributed by atoms with van der Waals surface area (Å²) in [6.45, 7) is 5.65. The summed E-state index contributed by atoms with van der Waals surface area (Å²) in [6.07, 6.45) is 2.38. The van der Waals surface area contributed by atoms with Crippen molar-refractivity contribution in [2.24, 2.45) is 5.41 Å². The minimum atomic E-state index is -0.689. The summed E-state index contributed by atoms with van der Waals surface area (Å²) >= 11 is 0. The highest BCUT2D eigenvalue weighted by atomic mass is 16.5. The normalized spacial score (nSPS) is 27.9. The fourth-order valence-corrected chi connectivity index (χ4v) is 2.35. The highest BCUT2D eigenvalue weighted by Gasteiger charge is 2.32. The van der Waals surface area contributed by atoms with Crippen molar-refractivity contribution in [2.75, 3.05) is 33.4 Å². The number of nitrogens with zero attached hydrogens (tertiary/aromatic N) is 1. The van der Waals surface area contributed by atoms with Gasteiger partial charge >= 0.3 is 5.97 Å². The molecule has 1 fully saturated rings. The van der Waals surface area contributed by atoms with Gasteiger partial charge in [0.05, 0.1) is 13.0 Å². The zero-order valence-electron chi connectivity index (χ0n) is 9.66. The van der Waals surface area contributed by atoms with E-state index < -0.39 is 5.97 Å². The number of aliphatic carboxylic acids is 1. The van der Waals surface area contributed by atoms with Crippen LogP contribution in [0.3, 0.4) is 0 Å². The van der Waals surface area contributed by atoms with Crippen molar-refractivity contribution in [3.05, 3.63) is 0 Å². The van der Waals surface area contributed by atoms with Crippen molar-refractivity contribution in [3.8, 4) is 0 Å². The predicted octanol–water partition coefficient (Wildman–Crippen LogP) is 1.21. The molecule has 1 aliphatic heterocycles. The van der Waals surface area contributed by atoms with Crippen LogP contribution in [-0.2, 0) is 9.53 Å². The second-order valence-corrected chi connectivity index (χ2v) is 4.75. The van der Waals surface area contributed by atoms with Gasteiger partial charge in [0, 0.05) is 20.2 Å². The van der Waals surface area contributed by atoms with E-state index in [1.54, 1.807) is 7.11 Å². The van der Waals surface area contributed by atoms with Gasteiger partial charge in [-0.2, -0.15) is 0 Å². The largest absolute Gasteiger partial charge is 0.481 e. The smallest absolute Gasteiger partial charge is 0.303 e. The third kappa shape index (κ3) is 4.18. The Morgan fingerprint density at radius 2 is 2.33 bits per heavy atom. The van der Waals surface area contributed by atoms with Gasteiger partial charge in [0.25, 0.3) is 0 Å².